The lowest BCUT2D eigenvalue weighted by Gasteiger charge is -2.24. The van der Waals surface area contributed by atoms with Crippen molar-refractivity contribution in [3.05, 3.63) is 29.8 Å². The highest BCUT2D eigenvalue weighted by Crippen LogP contribution is 2.14. The standard InChI is InChI=1S/C16H27N3O/c1-5-7-15(17)16(20)19(6-2)12-13-8-10-14(11-9-13)18(3)4/h8-11,15H,5-7,12,17H2,1-4H3/t15-/m1/s1. The fourth-order valence-corrected chi connectivity index (χ4v) is 2.13. The Labute approximate surface area is 122 Å². The first-order valence-electron chi connectivity index (χ1n) is 7.30. The van der Waals surface area contributed by atoms with E-state index in [9.17, 15) is 4.79 Å². The number of anilines is 1. The van der Waals surface area contributed by atoms with Gasteiger partial charge in [-0.2, -0.15) is 0 Å². The molecule has 0 aromatic heterocycles. The molecule has 0 aliphatic rings. The smallest absolute Gasteiger partial charge is 0.239 e. The molecule has 0 saturated heterocycles. The minimum Gasteiger partial charge on any atom is -0.378 e. The lowest BCUT2D eigenvalue weighted by molar-refractivity contribution is -0.133. The molecule has 112 valence electrons. The van der Waals surface area contributed by atoms with Crippen LogP contribution < -0.4 is 10.6 Å². The molecular formula is C16H27N3O. The summed E-state index contributed by atoms with van der Waals surface area (Å²) in [5.41, 5.74) is 8.22. The van der Waals surface area contributed by atoms with Crippen LogP contribution in [0.2, 0.25) is 0 Å². The molecule has 0 aliphatic heterocycles. The van der Waals surface area contributed by atoms with E-state index in [0.29, 0.717) is 13.1 Å². The van der Waals surface area contributed by atoms with E-state index in [1.807, 2.05) is 32.8 Å². The topological polar surface area (TPSA) is 49.6 Å². The monoisotopic (exact) mass is 277 g/mol. The van der Waals surface area contributed by atoms with Crippen LogP contribution in [0.15, 0.2) is 24.3 Å². The highest BCUT2D eigenvalue weighted by molar-refractivity contribution is 5.81. The van der Waals surface area contributed by atoms with Gasteiger partial charge in [0, 0.05) is 32.9 Å². The van der Waals surface area contributed by atoms with Gasteiger partial charge in [0.05, 0.1) is 6.04 Å². The van der Waals surface area contributed by atoms with Crippen LogP contribution in [0.5, 0.6) is 0 Å². The van der Waals surface area contributed by atoms with E-state index >= 15 is 0 Å². The number of amides is 1. The lowest BCUT2D eigenvalue weighted by Crippen LogP contribution is -2.43. The van der Waals surface area contributed by atoms with Crippen LogP contribution >= 0.6 is 0 Å². The summed E-state index contributed by atoms with van der Waals surface area (Å²) in [6, 6.07) is 7.90. The second-order valence-electron chi connectivity index (χ2n) is 5.31. The summed E-state index contributed by atoms with van der Waals surface area (Å²) in [7, 11) is 4.03. The minimum atomic E-state index is -0.374. The maximum absolute atomic E-state index is 12.2. The van der Waals surface area contributed by atoms with Crippen molar-refractivity contribution in [3.8, 4) is 0 Å². The zero-order valence-corrected chi connectivity index (χ0v) is 13.1. The number of carbonyl (C=O) groups excluding carboxylic acids is 1. The van der Waals surface area contributed by atoms with Gasteiger partial charge in [-0.15, -0.1) is 0 Å². The lowest BCUT2D eigenvalue weighted by atomic mass is 10.1. The van der Waals surface area contributed by atoms with Gasteiger partial charge in [-0.3, -0.25) is 4.79 Å². The Hall–Kier alpha value is -1.55. The summed E-state index contributed by atoms with van der Waals surface area (Å²) in [5.74, 6) is 0.0473. The molecule has 1 rings (SSSR count). The number of likely N-dealkylation sites (N-methyl/N-ethyl adjacent to an activating group) is 1. The first-order chi connectivity index (χ1) is 9.49. The van der Waals surface area contributed by atoms with Crippen molar-refractivity contribution >= 4 is 11.6 Å². The second kappa shape index (κ2) is 7.90. The number of nitrogens with two attached hydrogens (primary N) is 1. The number of nitrogens with zero attached hydrogens (tertiary/aromatic N) is 2. The largest absolute Gasteiger partial charge is 0.378 e. The molecule has 0 spiro atoms. The third-order valence-corrected chi connectivity index (χ3v) is 3.44. The second-order valence-corrected chi connectivity index (χ2v) is 5.31. The van der Waals surface area contributed by atoms with Gasteiger partial charge in [0.2, 0.25) is 5.91 Å². The third-order valence-electron chi connectivity index (χ3n) is 3.44. The van der Waals surface area contributed by atoms with E-state index in [4.69, 9.17) is 5.73 Å². The van der Waals surface area contributed by atoms with Crippen LogP contribution in [0.3, 0.4) is 0 Å². The van der Waals surface area contributed by atoms with E-state index in [1.165, 1.54) is 0 Å². The Morgan fingerprint density at radius 1 is 1.20 bits per heavy atom. The predicted octanol–water partition coefficient (Wildman–Crippen LogP) is 2.23. The summed E-state index contributed by atoms with van der Waals surface area (Å²) < 4.78 is 0. The molecule has 0 aliphatic carbocycles. The molecule has 0 unspecified atom stereocenters. The summed E-state index contributed by atoms with van der Waals surface area (Å²) in [6.45, 7) is 5.35. The van der Waals surface area contributed by atoms with E-state index in [2.05, 4.69) is 29.2 Å². The Morgan fingerprint density at radius 2 is 1.80 bits per heavy atom. The molecule has 0 radical (unpaired) electrons. The fraction of sp³-hybridized carbons (Fsp3) is 0.562. The van der Waals surface area contributed by atoms with Crippen molar-refractivity contribution in [2.75, 3.05) is 25.5 Å². The zero-order chi connectivity index (χ0) is 15.1. The Kier molecular flexibility index (Phi) is 6.52. The predicted molar refractivity (Wildman–Crippen MR) is 84.7 cm³/mol. The molecule has 0 fully saturated rings. The Bertz CT molecular complexity index is 414. The zero-order valence-electron chi connectivity index (χ0n) is 13.1. The summed E-state index contributed by atoms with van der Waals surface area (Å²) in [5, 5.41) is 0. The number of hydrogen-bond acceptors (Lipinski definition) is 3. The van der Waals surface area contributed by atoms with Gasteiger partial charge in [-0.05, 0) is 31.0 Å². The first-order valence-corrected chi connectivity index (χ1v) is 7.30. The Balaban J connectivity index is 2.70. The SMILES string of the molecule is CCC[C@@H](N)C(=O)N(CC)Cc1ccc(N(C)C)cc1. The van der Waals surface area contributed by atoms with Crippen LogP contribution in [0.4, 0.5) is 5.69 Å². The molecule has 0 saturated carbocycles. The van der Waals surface area contributed by atoms with Crippen LogP contribution in [0.1, 0.15) is 32.3 Å². The first kappa shape index (κ1) is 16.5. The quantitative estimate of drug-likeness (QED) is 0.831. The van der Waals surface area contributed by atoms with Crippen LogP contribution in [0, 0.1) is 0 Å². The van der Waals surface area contributed by atoms with Gasteiger partial charge in [0.25, 0.3) is 0 Å². The highest BCUT2D eigenvalue weighted by Gasteiger charge is 2.19. The van der Waals surface area contributed by atoms with Crippen molar-refractivity contribution in [1.29, 1.82) is 0 Å². The van der Waals surface area contributed by atoms with E-state index in [-0.39, 0.29) is 11.9 Å². The fourth-order valence-electron chi connectivity index (χ4n) is 2.13. The molecule has 1 amide bonds. The summed E-state index contributed by atoms with van der Waals surface area (Å²) >= 11 is 0. The van der Waals surface area contributed by atoms with Crippen molar-refractivity contribution in [2.24, 2.45) is 5.73 Å². The minimum absolute atomic E-state index is 0.0473. The van der Waals surface area contributed by atoms with E-state index in [0.717, 1.165) is 24.1 Å². The van der Waals surface area contributed by atoms with Crippen molar-refractivity contribution in [3.63, 3.8) is 0 Å². The molecular weight excluding hydrogens is 250 g/mol. The number of rotatable bonds is 7. The molecule has 2 N–H and O–H groups in total. The van der Waals surface area contributed by atoms with Crippen molar-refractivity contribution < 1.29 is 4.79 Å². The van der Waals surface area contributed by atoms with Crippen LogP contribution in [0.25, 0.3) is 0 Å². The van der Waals surface area contributed by atoms with Crippen LogP contribution in [-0.4, -0.2) is 37.5 Å². The molecule has 1 atom stereocenters. The van der Waals surface area contributed by atoms with Gasteiger partial charge >= 0.3 is 0 Å². The third kappa shape index (κ3) is 4.53. The molecule has 1 aromatic rings. The number of carbonyl (C=O) groups is 1. The average molecular weight is 277 g/mol. The maximum Gasteiger partial charge on any atom is 0.239 e. The van der Waals surface area contributed by atoms with E-state index in [1.54, 1.807) is 0 Å². The van der Waals surface area contributed by atoms with Crippen molar-refractivity contribution in [1.82, 2.24) is 4.90 Å². The molecule has 20 heavy (non-hydrogen) atoms. The van der Waals surface area contributed by atoms with Gasteiger partial charge in [-0.1, -0.05) is 25.5 Å². The van der Waals surface area contributed by atoms with Gasteiger partial charge < -0.3 is 15.5 Å². The average Bonchev–Trinajstić information content (AvgIpc) is 2.44. The summed E-state index contributed by atoms with van der Waals surface area (Å²) in [4.78, 5) is 16.1. The molecule has 4 nitrogen and oxygen atoms in total. The van der Waals surface area contributed by atoms with E-state index < -0.39 is 0 Å². The van der Waals surface area contributed by atoms with Gasteiger partial charge in [0.15, 0.2) is 0 Å². The maximum atomic E-state index is 12.2. The highest BCUT2D eigenvalue weighted by atomic mass is 16.2. The van der Waals surface area contributed by atoms with Crippen molar-refractivity contribution in [2.45, 2.75) is 39.3 Å². The molecule has 0 bridgehead atoms. The Morgan fingerprint density at radius 3 is 2.25 bits per heavy atom. The van der Waals surface area contributed by atoms with Crippen LogP contribution in [-0.2, 0) is 11.3 Å². The molecule has 0 heterocycles. The normalized spacial score (nSPS) is 12.1. The summed E-state index contributed by atoms with van der Waals surface area (Å²) in [6.07, 6.45) is 1.68. The number of hydrogen-bond donors (Lipinski definition) is 1. The molecule has 4 heteroatoms. The number of benzene rings is 1. The molecule has 1 aromatic carbocycles. The van der Waals surface area contributed by atoms with Gasteiger partial charge in [-0.25, -0.2) is 0 Å². The van der Waals surface area contributed by atoms with Gasteiger partial charge in [0.1, 0.15) is 0 Å².